The minimum Gasteiger partial charge on any atom is -0.389 e. The molecule has 0 unspecified atom stereocenters. The van der Waals surface area contributed by atoms with Crippen molar-refractivity contribution in [1.29, 1.82) is 0 Å². The molecule has 1 saturated heterocycles. The molecule has 2 aromatic rings. The Hall–Kier alpha value is -2.17. The summed E-state index contributed by atoms with van der Waals surface area (Å²) in [4.78, 5) is 16.9. The zero-order valence-electron chi connectivity index (χ0n) is 15.0. The summed E-state index contributed by atoms with van der Waals surface area (Å²) in [5, 5.41) is 9.74. The molecule has 0 saturated carbocycles. The van der Waals surface area contributed by atoms with Crippen LogP contribution in [0.1, 0.15) is 35.4 Å². The molecule has 1 atom stereocenters. The van der Waals surface area contributed by atoms with Crippen LogP contribution in [-0.4, -0.2) is 54.0 Å². The maximum absolute atomic E-state index is 12.7. The van der Waals surface area contributed by atoms with Gasteiger partial charge in [-0.05, 0) is 61.8 Å². The van der Waals surface area contributed by atoms with Gasteiger partial charge in [-0.15, -0.1) is 0 Å². The van der Waals surface area contributed by atoms with Gasteiger partial charge in [-0.3, -0.25) is 4.79 Å². The first-order valence-corrected chi connectivity index (χ1v) is 8.91. The fourth-order valence-corrected chi connectivity index (χ4v) is 3.22. The highest BCUT2D eigenvalue weighted by Gasteiger charge is 2.18. The quantitative estimate of drug-likeness (QED) is 0.935. The molecule has 0 bridgehead atoms. The number of benzene rings is 2. The number of aliphatic hydroxyl groups is 1. The summed E-state index contributed by atoms with van der Waals surface area (Å²) in [5.41, 5.74) is 3.73. The van der Waals surface area contributed by atoms with Gasteiger partial charge in [0.2, 0.25) is 0 Å². The van der Waals surface area contributed by atoms with Crippen LogP contribution in [0.3, 0.4) is 0 Å². The summed E-state index contributed by atoms with van der Waals surface area (Å²) in [6.07, 6.45) is 0.536. The third-order valence-electron chi connectivity index (χ3n) is 4.84. The number of hydrogen-bond donors (Lipinski definition) is 1. The van der Waals surface area contributed by atoms with Gasteiger partial charge in [-0.25, -0.2) is 0 Å². The van der Waals surface area contributed by atoms with Crippen molar-refractivity contribution in [3.05, 3.63) is 59.7 Å². The van der Waals surface area contributed by atoms with Crippen molar-refractivity contribution in [2.75, 3.05) is 33.2 Å². The third kappa shape index (κ3) is 4.27. The van der Waals surface area contributed by atoms with Crippen molar-refractivity contribution < 1.29 is 9.90 Å². The Kier molecular flexibility index (Phi) is 5.51. The van der Waals surface area contributed by atoms with Crippen LogP contribution in [0, 0.1) is 0 Å². The molecule has 25 heavy (non-hydrogen) atoms. The highest BCUT2D eigenvalue weighted by Crippen LogP contribution is 2.24. The van der Waals surface area contributed by atoms with Crippen LogP contribution in [0.4, 0.5) is 0 Å². The van der Waals surface area contributed by atoms with Crippen molar-refractivity contribution in [1.82, 2.24) is 9.80 Å². The Morgan fingerprint density at radius 3 is 2.48 bits per heavy atom. The predicted molar refractivity (Wildman–Crippen MR) is 101 cm³/mol. The van der Waals surface area contributed by atoms with Crippen LogP contribution < -0.4 is 0 Å². The molecule has 4 heteroatoms. The molecule has 0 radical (unpaired) electrons. The van der Waals surface area contributed by atoms with E-state index >= 15 is 0 Å². The first kappa shape index (κ1) is 17.6. The van der Waals surface area contributed by atoms with Crippen molar-refractivity contribution in [2.24, 2.45) is 0 Å². The molecule has 0 aromatic heterocycles. The highest BCUT2D eigenvalue weighted by atomic mass is 16.3. The monoisotopic (exact) mass is 338 g/mol. The molecule has 1 N–H and O–H groups in total. The molecule has 4 nitrogen and oxygen atoms in total. The molecular weight excluding hydrogens is 312 g/mol. The van der Waals surface area contributed by atoms with Crippen LogP contribution >= 0.6 is 0 Å². The number of rotatable bonds is 3. The molecule has 1 heterocycles. The van der Waals surface area contributed by atoms with E-state index in [-0.39, 0.29) is 5.91 Å². The van der Waals surface area contributed by atoms with E-state index in [2.05, 4.69) is 11.9 Å². The van der Waals surface area contributed by atoms with E-state index in [1.165, 1.54) is 0 Å². The normalized spacial score (nSPS) is 17.2. The lowest BCUT2D eigenvalue weighted by atomic mass is 10.00. The third-order valence-corrected chi connectivity index (χ3v) is 4.84. The minimum atomic E-state index is -0.484. The molecule has 1 amide bonds. The number of aliphatic hydroxyl groups excluding tert-OH is 1. The van der Waals surface area contributed by atoms with Crippen molar-refractivity contribution in [3.63, 3.8) is 0 Å². The Labute approximate surface area is 149 Å². The van der Waals surface area contributed by atoms with Crippen LogP contribution in [0.2, 0.25) is 0 Å². The number of likely N-dealkylation sites (N-methyl/N-ethyl adjacent to an activating group) is 1. The van der Waals surface area contributed by atoms with Gasteiger partial charge in [0.05, 0.1) is 6.10 Å². The Bertz CT molecular complexity index is 725. The molecule has 1 fully saturated rings. The van der Waals surface area contributed by atoms with Gasteiger partial charge in [0.1, 0.15) is 0 Å². The smallest absolute Gasteiger partial charge is 0.253 e. The van der Waals surface area contributed by atoms with Crippen molar-refractivity contribution >= 4 is 5.91 Å². The molecule has 132 valence electrons. The van der Waals surface area contributed by atoms with Crippen LogP contribution in [0.15, 0.2) is 48.5 Å². The van der Waals surface area contributed by atoms with Crippen LogP contribution in [-0.2, 0) is 0 Å². The number of amides is 1. The Morgan fingerprint density at radius 2 is 1.76 bits per heavy atom. The fraction of sp³-hybridized carbons (Fsp3) is 0.381. The molecule has 0 aliphatic carbocycles. The van der Waals surface area contributed by atoms with Gasteiger partial charge >= 0.3 is 0 Å². The summed E-state index contributed by atoms with van der Waals surface area (Å²) in [5.74, 6) is 0.111. The van der Waals surface area contributed by atoms with E-state index in [0.29, 0.717) is 0 Å². The summed E-state index contributed by atoms with van der Waals surface area (Å²) in [7, 11) is 2.10. The van der Waals surface area contributed by atoms with Gasteiger partial charge in [0.15, 0.2) is 0 Å². The largest absolute Gasteiger partial charge is 0.389 e. The minimum absolute atomic E-state index is 0.111. The topological polar surface area (TPSA) is 43.8 Å². The predicted octanol–water partition coefficient (Wildman–Crippen LogP) is 3.18. The van der Waals surface area contributed by atoms with Crippen molar-refractivity contribution in [3.8, 4) is 11.1 Å². The second kappa shape index (κ2) is 7.81. The zero-order chi connectivity index (χ0) is 17.8. The van der Waals surface area contributed by atoms with Gasteiger partial charge in [0, 0.05) is 25.2 Å². The Morgan fingerprint density at radius 1 is 1.00 bits per heavy atom. The van der Waals surface area contributed by atoms with E-state index in [9.17, 15) is 9.90 Å². The number of carbonyl (C=O) groups is 1. The van der Waals surface area contributed by atoms with Crippen LogP contribution in [0.25, 0.3) is 11.1 Å². The molecular formula is C21H26N2O2. The average molecular weight is 338 g/mol. The van der Waals surface area contributed by atoms with Gasteiger partial charge in [0.25, 0.3) is 5.91 Å². The molecule has 2 aromatic carbocycles. The lowest BCUT2D eigenvalue weighted by molar-refractivity contribution is 0.0763. The lowest BCUT2D eigenvalue weighted by Gasteiger charge is -2.20. The molecule has 1 aliphatic heterocycles. The number of carbonyl (C=O) groups excluding carboxylic acids is 1. The van der Waals surface area contributed by atoms with E-state index in [4.69, 9.17) is 0 Å². The average Bonchev–Trinajstić information content (AvgIpc) is 2.86. The lowest BCUT2D eigenvalue weighted by Crippen LogP contribution is -2.34. The summed E-state index contributed by atoms with van der Waals surface area (Å²) >= 11 is 0. The van der Waals surface area contributed by atoms with E-state index in [0.717, 1.165) is 54.9 Å². The zero-order valence-corrected chi connectivity index (χ0v) is 15.0. The summed E-state index contributed by atoms with van der Waals surface area (Å²) < 4.78 is 0. The molecule has 3 rings (SSSR count). The maximum atomic E-state index is 12.7. The van der Waals surface area contributed by atoms with Gasteiger partial charge < -0.3 is 14.9 Å². The second-order valence-electron chi connectivity index (χ2n) is 6.83. The van der Waals surface area contributed by atoms with Gasteiger partial charge in [-0.2, -0.15) is 0 Å². The standard InChI is InChI=1S/C21H26N2O2/c1-16(24)19-5-3-6-20(15-19)17-7-9-18(10-8-17)21(25)23-12-4-11-22(2)13-14-23/h3,5-10,15-16,24H,4,11-14H2,1-2H3/t16-/m1/s1. The van der Waals surface area contributed by atoms with Crippen LogP contribution in [0.5, 0.6) is 0 Å². The Balaban J connectivity index is 1.75. The molecule has 1 aliphatic rings. The maximum Gasteiger partial charge on any atom is 0.253 e. The highest BCUT2D eigenvalue weighted by molar-refractivity contribution is 5.94. The first-order chi connectivity index (χ1) is 12.0. The van der Waals surface area contributed by atoms with Crippen molar-refractivity contribution in [2.45, 2.75) is 19.4 Å². The fourth-order valence-electron chi connectivity index (χ4n) is 3.22. The summed E-state index contributed by atoms with van der Waals surface area (Å²) in [6, 6.07) is 15.7. The van der Waals surface area contributed by atoms with E-state index in [1.54, 1.807) is 6.92 Å². The number of nitrogens with zero attached hydrogens (tertiary/aromatic N) is 2. The van der Waals surface area contributed by atoms with E-state index < -0.39 is 6.10 Å². The van der Waals surface area contributed by atoms with Gasteiger partial charge in [-0.1, -0.05) is 30.3 Å². The van der Waals surface area contributed by atoms with E-state index in [1.807, 2.05) is 53.4 Å². The summed E-state index contributed by atoms with van der Waals surface area (Å²) in [6.45, 7) is 5.34. The second-order valence-corrected chi connectivity index (χ2v) is 6.83. The number of hydrogen-bond acceptors (Lipinski definition) is 3. The first-order valence-electron chi connectivity index (χ1n) is 8.91. The molecule has 0 spiro atoms. The SMILES string of the molecule is C[C@@H](O)c1cccc(-c2ccc(C(=O)N3CCCN(C)CC3)cc2)c1.